The Labute approximate surface area is 230 Å². The molecule has 2 heterocycles. The van der Waals surface area contributed by atoms with Gasteiger partial charge in [-0.25, -0.2) is 0 Å². The van der Waals surface area contributed by atoms with Crippen LogP contribution in [0.4, 0.5) is 0 Å². The maximum absolute atomic E-state index is 12.2. The normalized spacial score (nSPS) is 14.9. The number of piperidine rings is 1. The van der Waals surface area contributed by atoms with E-state index in [1.807, 2.05) is 30.4 Å². The third-order valence-corrected chi connectivity index (χ3v) is 6.94. The van der Waals surface area contributed by atoms with Crippen LogP contribution in [0.5, 0.6) is 11.5 Å². The summed E-state index contributed by atoms with van der Waals surface area (Å²) in [4.78, 5) is 18.1. The number of rotatable bonds is 14. The first-order valence-electron chi connectivity index (χ1n) is 13.5. The fourth-order valence-corrected chi connectivity index (χ4v) is 4.82. The van der Waals surface area contributed by atoms with Crippen LogP contribution < -0.4 is 14.8 Å². The van der Waals surface area contributed by atoms with Crippen LogP contribution in [0, 0.1) is 0 Å². The molecular formula is C31H39N3O5. The second-order valence-electron chi connectivity index (χ2n) is 9.49. The van der Waals surface area contributed by atoms with Crippen LogP contribution in [-0.4, -0.2) is 76.2 Å². The van der Waals surface area contributed by atoms with E-state index < -0.39 is 0 Å². The molecule has 1 saturated heterocycles. The minimum Gasteiger partial charge on any atom is -0.493 e. The fraction of sp³-hybridized carbons (Fsp3) is 0.387. The van der Waals surface area contributed by atoms with Gasteiger partial charge in [-0.1, -0.05) is 42.5 Å². The van der Waals surface area contributed by atoms with Gasteiger partial charge in [0, 0.05) is 43.4 Å². The second-order valence-corrected chi connectivity index (χ2v) is 9.49. The number of nitrogens with one attached hydrogen (secondary N) is 2. The third-order valence-electron chi connectivity index (χ3n) is 6.94. The molecule has 0 spiro atoms. The van der Waals surface area contributed by atoms with E-state index >= 15 is 0 Å². The van der Waals surface area contributed by atoms with Gasteiger partial charge in [0.2, 0.25) is 5.91 Å². The van der Waals surface area contributed by atoms with Crippen molar-refractivity contribution in [2.45, 2.75) is 18.8 Å². The number of hydrogen-bond acceptors (Lipinski definition) is 6. The van der Waals surface area contributed by atoms with Gasteiger partial charge in [-0.2, -0.15) is 0 Å². The standard InChI is InChI=1S/C31H39N3O5/c1-36-19-20-38-23-39-30-21-24(11-12-29(30)37-2)7-3-6-10-31(35)32-15-18-34-16-13-25(14-17-34)27-22-33-28-9-5-4-8-26(27)28/h3-12,21-22,25,33H,13-20,23H2,1-2H3,(H,32,35). The Morgan fingerprint density at radius 2 is 1.92 bits per heavy atom. The van der Waals surface area contributed by atoms with Crippen LogP contribution in [0.15, 0.2) is 66.9 Å². The molecule has 8 heteroatoms. The lowest BCUT2D eigenvalue weighted by Gasteiger charge is -2.31. The molecule has 39 heavy (non-hydrogen) atoms. The molecule has 1 aliphatic rings. The van der Waals surface area contributed by atoms with Gasteiger partial charge < -0.3 is 34.1 Å². The van der Waals surface area contributed by atoms with E-state index in [-0.39, 0.29) is 12.7 Å². The van der Waals surface area contributed by atoms with Crippen LogP contribution in [0.2, 0.25) is 0 Å². The molecule has 0 radical (unpaired) electrons. The number of likely N-dealkylation sites (tertiary alicyclic amines) is 1. The van der Waals surface area contributed by atoms with Crippen LogP contribution >= 0.6 is 0 Å². The summed E-state index contributed by atoms with van der Waals surface area (Å²) in [7, 11) is 3.22. The summed E-state index contributed by atoms with van der Waals surface area (Å²) < 4.78 is 21.3. The minimum absolute atomic E-state index is 0.0970. The summed E-state index contributed by atoms with van der Waals surface area (Å²) in [6.07, 6.45) is 11.5. The summed E-state index contributed by atoms with van der Waals surface area (Å²) >= 11 is 0. The number of amides is 1. The van der Waals surface area contributed by atoms with Gasteiger partial charge in [-0.3, -0.25) is 4.79 Å². The number of nitrogens with zero attached hydrogens (tertiary/aromatic N) is 1. The SMILES string of the molecule is COCCOCOc1cc(C=CC=CC(=O)NCCN2CCC(c3c[nH]c4ccccc34)CC2)ccc1OC. The molecule has 1 aromatic heterocycles. The second kappa shape index (κ2) is 15.1. The first kappa shape index (κ1) is 28.4. The first-order valence-corrected chi connectivity index (χ1v) is 13.5. The van der Waals surface area contributed by atoms with E-state index in [0.717, 1.165) is 38.0 Å². The monoisotopic (exact) mass is 533 g/mol. The average molecular weight is 534 g/mol. The summed E-state index contributed by atoms with van der Waals surface area (Å²) in [5.74, 6) is 1.70. The van der Waals surface area contributed by atoms with E-state index in [2.05, 4.69) is 45.7 Å². The van der Waals surface area contributed by atoms with Crippen molar-refractivity contribution in [3.8, 4) is 11.5 Å². The molecular weight excluding hydrogens is 494 g/mol. The van der Waals surface area contributed by atoms with Gasteiger partial charge in [-0.05, 0) is 61.2 Å². The quantitative estimate of drug-likeness (QED) is 0.135. The maximum Gasteiger partial charge on any atom is 0.244 e. The third kappa shape index (κ3) is 8.45. The van der Waals surface area contributed by atoms with E-state index in [4.69, 9.17) is 18.9 Å². The van der Waals surface area contributed by atoms with Crippen LogP contribution in [0.1, 0.15) is 29.9 Å². The van der Waals surface area contributed by atoms with Gasteiger partial charge in [0.15, 0.2) is 18.3 Å². The molecule has 8 nitrogen and oxygen atoms in total. The highest BCUT2D eigenvalue weighted by atomic mass is 16.7. The molecule has 1 aliphatic heterocycles. The summed E-state index contributed by atoms with van der Waals surface area (Å²) in [5.41, 5.74) is 3.56. The molecule has 208 valence electrons. The summed E-state index contributed by atoms with van der Waals surface area (Å²) in [5, 5.41) is 4.33. The summed E-state index contributed by atoms with van der Waals surface area (Å²) in [6, 6.07) is 14.1. The number of hydrogen-bond donors (Lipinski definition) is 2. The zero-order chi connectivity index (χ0) is 27.3. The molecule has 2 N–H and O–H groups in total. The van der Waals surface area contributed by atoms with Crippen molar-refractivity contribution in [1.82, 2.24) is 15.2 Å². The number of carbonyl (C=O) groups excluding carboxylic acids is 1. The topological polar surface area (TPSA) is 85.1 Å². The Balaban J connectivity index is 1.15. The molecule has 3 aromatic rings. The number of benzene rings is 2. The molecule has 0 bridgehead atoms. The Hall–Kier alpha value is -3.59. The zero-order valence-electron chi connectivity index (χ0n) is 22.9. The lowest BCUT2D eigenvalue weighted by Crippen LogP contribution is -2.38. The van der Waals surface area contributed by atoms with E-state index in [1.54, 1.807) is 26.4 Å². The van der Waals surface area contributed by atoms with Crippen molar-refractivity contribution in [2.24, 2.45) is 0 Å². The number of carbonyl (C=O) groups is 1. The molecule has 0 saturated carbocycles. The van der Waals surface area contributed by atoms with Crippen molar-refractivity contribution in [1.29, 1.82) is 0 Å². The highest BCUT2D eigenvalue weighted by Crippen LogP contribution is 2.33. The molecule has 0 atom stereocenters. The smallest absolute Gasteiger partial charge is 0.244 e. The number of fused-ring (bicyclic) bond motifs is 1. The van der Waals surface area contributed by atoms with E-state index in [0.29, 0.717) is 37.2 Å². The molecule has 0 unspecified atom stereocenters. The van der Waals surface area contributed by atoms with Gasteiger partial charge in [-0.15, -0.1) is 0 Å². The van der Waals surface area contributed by atoms with Crippen LogP contribution in [0.3, 0.4) is 0 Å². The van der Waals surface area contributed by atoms with Crippen LogP contribution in [-0.2, 0) is 14.3 Å². The zero-order valence-corrected chi connectivity index (χ0v) is 22.9. The summed E-state index contributed by atoms with van der Waals surface area (Å²) in [6.45, 7) is 4.66. The van der Waals surface area contributed by atoms with Crippen LogP contribution in [0.25, 0.3) is 17.0 Å². The minimum atomic E-state index is -0.0970. The number of para-hydroxylation sites is 1. The van der Waals surface area contributed by atoms with E-state index in [1.165, 1.54) is 16.5 Å². The molecule has 4 rings (SSSR count). The molecule has 0 aliphatic carbocycles. The highest BCUT2D eigenvalue weighted by molar-refractivity contribution is 5.87. The van der Waals surface area contributed by atoms with Crippen molar-refractivity contribution in [3.63, 3.8) is 0 Å². The van der Waals surface area contributed by atoms with Crippen molar-refractivity contribution in [3.05, 3.63) is 78.0 Å². The highest BCUT2D eigenvalue weighted by Gasteiger charge is 2.22. The number of ether oxygens (including phenoxy) is 4. The Bertz CT molecular complexity index is 1240. The predicted molar refractivity (Wildman–Crippen MR) is 154 cm³/mol. The Morgan fingerprint density at radius 3 is 2.74 bits per heavy atom. The number of aromatic nitrogens is 1. The van der Waals surface area contributed by atoms with Gasteiger partial charge in [0.1, 0.15) is 0 Å². The predicted octanol–water partition coefficient (Wildman–Crippen LogP) is 4.74. The van der Waals surface area contributed by atoms with Crippen molar-refractivity contribution < 1.29 is 23.7 Å². The van der Waals surface area contributed by atoms with Crippen molar-refractivity contribution in [2.75, 3.05) is 60.4 Å². The number of aromatic amines is 1. The van der Waals surface area contributed by atoms with Gasteiger partial charge in [0.25, 0.3) is 0 Å². The fourth-order valence-electron chi connectivity index (χ4n) is 4.82. The largest absolute Gasteiger partial charge is 0.493 e. The number of allylic oxidation sites excluding steroid dienone is 2. The first-order chi connectivity index (χ1) is 19.2. The lowest BCUT2D eigenvalue weighted by molar-refractivity contribution is -0.116. The maximum atomic E-state index is 12.2. The lowest BCUT2D eigenvalue weighted by atomic mass is 9.89. The van der Waals surface area contributed by atoms with E-state index in [9.17, 15) is 4.79 Å². The average Bonchev–Trinajstić information content (AvgIpc) is 3.40. The number of H-pyrrole nitrogens is 1. The number of methoxy groups -OCH3 is 2. The Kier molecular flexibility index (Phi) is 11.0. The van der Waals surface area contributed by atoms with Crippen molar-refractivity contribution >= 4 is 22.9 Å². The van der Waals surface area contributed by atoms with Gasteiger partial charge in [0.05, 0.1) is 20.3 Å². The molecule has 1 amide bonds. The molecule has 1 fully saturated rings. The Morgan fingerprint density at radius 1 is 1.08 bits per heavy atom. The van der Waals surface area contributed by atoms with Gasteiger partial charge >= 0.3 is 0 Å². The molecule has 2 aromatic carbocycles.